The summed E-state index contributed by atoms with van der Waals surface area (Å²) in [4.78, 5) is 34.7. The predicted molar refractivity (Wildman–Crippen MR) is 105 cm³/mol. The van der Waals surface area contributed by atoms with Crippen LogP contribution < -0.4 is 5.32 Å². The highest BCUT2D eigenvalue weighted by Crippen LogP contribution is 2.17. The number of rotatable bonds is 4. The van der Waals surface area contributed by atoms with Crippen LogP contribution in [0, 0.1) is 13.8 Å². The molecule has 0 radical (unpaired) electrons. The number of cyclic esters (lactones) is 1. The fraction of sp³-hybridized carbons (Fsp3) is 0.238. The van der Waals surface area contributed by atoms with Gasteiger partial charge in [-0.15, -0.1) is 0 Å². The van der Waals surface area contributed by atoms with Gasteiger partial charge in [0.25, 0.3) is 5.91 Å². The van der Waals surface area contributed by atoms with Gasteiger partial charge in [0.05, 0.1) is 29.0 Å². The molecule has 1 fully saturated rings. The first-order valence-corrected chi connectivity index (χ1v) is 9.06. The monoisotopic (exact) mass is 376 g/mol. The smallest absolute Gasteiger partial charge is 0.410 e. The average molecular weight is 376 g/mol. The Morgan fingerprint density at radius 1 is 1.07 bits per heavy atom. The zero-order valence-corrected chi connectivity index (χ0v) is 15.7. The number of aryl methyl sites for hydroxylation is 2. The summed E-state index contributed by atoms with van der Waals surface area (Å²) in [6.07, 6.45) is -0.290. The number of carbonyl (C=O) groups excluding carboxylic acids is 2. The Morgan fingerprint density at radius 3 is 2.46 bits per heavy atom. The van der Waals surface area contributed by atoms with Crippen LogP contribution >= 0.6 is 0 Å². The topological polar surface area (TPSA) is 84.4 Å². The summed E-state index contributed by atoms with van der Waals surface area (Å²) in [5.74, 6) is -0.210. The molecule has 0 atom stereocenters. The van der Waals surface area contributed by atoms with Crippen molar-refractivity contribution in [1.29, 1.82) is 0 Å². The second-order valence-corrected chi connectivity index (χ2v) is 6.78. The van der Waals surface area contributed by atoms with Crippen LogP contribution in [-0.4, -0.2) is 40.0 Å². The molecule has 1 aliphatic rings. The van der Waals surface area contributed by atoms with Crippen molar-refractivity contribution in [3.05, 3.63) is 65.0 Å². The minimum atomic E-state index is -0.290. The lowest BCUT2D eigenvalue weighted by molar-refractivity contribution is 0.102. The van der Waals surface area contributed by atoms with Gasteiger partial charge in [-0.2, -0.15) is 0 Å². The highest BCUT2D eigenvalue weighted by molar-refractivity contribution is 6.05. The molecule has 2 aromatic carbocycles. The third kappa shape index (κ3) is 3.64. The van der Waals surface area contributed by atoms with E-state index in [1.807, 2.05) is 44.2 Å². The fourth-order valence-electron chi connectivity index (χ4n) is 3.06. The number of nitrogens with one attached hydrogen (secondary N) is 1. The average Bonchev–Trinajstić information content (AvgIpc) is 3.08. The van der Waals surface area contributed by atoms with Gasteiger partial charge in [-0.25, -0.2) is 14.8 Å². The zero-order chi connectivity index (χ0) is 19.7. The lowest BCUT2D eigenvalue weighted by atomic mass is 10.1. The van der Waals surface area contributed by atoms with E-state index in [1.54, 1.807) is 17.0 Å². The molecule has 1 aromatic heterocycles. The van der Waals surface area contributed by atoms with E-state index in [-0.39, 0.29) is 12.0 Å². The first kappa shape index (κ1) is 17.9. The molecule has 3 aromatic rings. The van der Waals surface area contributed by atoms with Crippen molar-refractivity contribution in [3.63, 3.8) is 0 Å². The van der Waals surface area contributed by atoms with Gasteiger partial charge < -0.3 is 15.0 Å². The van der Waals surface area contributed by atoms with Crippen molar-refractivity contribution in [2.75, 3.05) is 18.5 Å². The van der Waals surface area contributed by atoms with Crippen molar-refractivity contribution in [2.24, 2.45) is 0 Å². The quantitative estimate of drug-likeness (QED) is 0.754. The van der Waals surface area contributed by atoms with Crippen LogP contribution in [0.5, 0.6) is 0 Å². The Bertz CT molecular complexity index is 1060. The summed E-state index contributed by atoms with van der Waals surface area (Å²) in [5, 5.41) is 2.89. The van der Waals surface area contributed by atoms with Crippen LogP contribution in [-0.2, 0) is 11.3 Å². The van der Waals surface area contributed by atoms with Gasteiger partial charge >= 0.3 is 6.09 Å². The van der Waals surface area contributed by atoms with Gasteiger partial charge in [0.15, 0.2) is 0 Å². The zero-order valence-electron chi connectivity index (χ0n) is 15.7. The first-order valence-electron chi connectivity index (χ1n) is 9.06. The molecule has 1 saturated heterocycles. The molecule has 2 heterocycles. The van der Waals surface area contributed by atoms with Crippen molar-refractivity contribution < 1.29 is 14.3 Å². The molecule has 142 valence electrons. The summed E-state index contributed by atoms with van der Waals surface area (Å²) >= 11 is 0. The van der Waals surface area contributed by atoms with E-state index >= 15 is 0 Å². The van der Waals surface area contributed by atoms with E-state index in [2.05, 4.69) is 15.3 Å². The molecule has 4 rings (SSSR count). The van der Waals surface area contributed by atoms with Crippen molar-refractivity contribution in [1.82, 2.24) is 14.9 Å². The number of hydrogen-bond donors (Lipinski definition) is 1. The number of hydrogen-bond acceptors (Lipinski definition) is 5. The number of amides is 2. The Kier molecular flexibility index (Phi) is 4.65. The van der Waals surface area contributed by atoms with Gasteiger partial charge in [0, 0.05) is 17.8 Å². The van der Waals surface area contributed by atoms with E-state index in [4.69, 9.17) is 4.74 Å². The van der Waals surface area contributed by atoms with Crippen molar-refractivity contribution >= 4 is 28.7 Å². The lowest BCUT2D eigenvalue weighted by Gasteiger charge is -2.13. The molecule has 28 heavy (non-hydrogen) atoms. The summed E-state index contributed by atoms with van der Waals surface area (Å²) in [7, 11) is 0. The van der Waals surface area contributed by atoms with E-state index < -0.39 is 0 Å². The maximum atomic E-state index is 12.6. The maximum Gasteiger partial charge on any atom is 0.410 e. The van der Waals surface area contributed by atoms with E-state index in [0.717, 1.165) is 22.5 Å². The summed E-state index contributed by atoms with van der Waals surface area (Å²) in [5.41, 5.74) is 5.38. The number of benzene rings is 2. The highest BCUT2D eigenvalue weighted by Gasteiger charge is 2.21. The molecular weight excluding hydrogens is 356 g/mol. The van der Waals surface area contributed by atoms with E-state index in [9.17, 15) is 9.59 Å². The van der Waals surface area contributed by atoms with Gasteiger partial charge in [0.2, 0.25) is 0 Å². The van der Waals surface area contributed by atoms with Crippen LogP contribution in [0.3, 0.4) is 0 Å². The minimum absolute atomic E-state index is 0.210. The van der Waals surface area contributed by atoms with Crippen molar-refractivity contribution in [3.8, 4) is 0 Å². The second-order valence-electron chi connectivity index (χ2n) is 6.78. The molecule has 0 unspecified atom stereocenters. The number of aromatic nitrogens is 2. The first-order chi connectivity index (χ1) is 13.5. The molecule has 7 heteroatoms. The molecule has 2 amide bonds. The van der Waals surface area contributed by atoms with E-state index in [0.29, 0.717) is 36.5 Å². The van der Waals surface area contributed by atoms with Crippen LogP contribution in [0.25, 0.3) is 11.0 Å². The van der Waals surface area contributed by atoms with Crippen LogP contribution in [0.15, 0.2) is 42.5 Å². The van der Waals surface area contributed by atoms with Gasteiger partial charge in [-0.3, -0.25) is 4.79 Å². The third-order valence-electron chi connectivity index (χ3n) is 4.77. The largest absolute Gasteiger partial charge is 0.448 e. The van der Waals surface area contributed by atoms with Crippen LogP contribution in [0.2, 0.25) is 0 Å². The molecule has 0 saturated carbocycles. The van der Waals surface area contributed by atoms with Gasteiger partial charge in [0.1, 0.15) is 6.61 Å². The summed E-state index contributed by atoms with van der Waals surface area (Å²) in [6, 6.07) is 12.7. The maximum absolute atomic E-state index is 12.6. The summed E-state index contributed by atoms with van der Waals surface area (Å²) in [6.45, 7) is 5.34. The van der Waals surface area contributed by atoms with E-state index in [1.165, 1.54) is 0 Å². The lowest BCUT2D eigenvalue weighted by Crippen LogP contribution is -2.23. The number of fused-ring (bicyclic) bond motifs is 1. The van der Waals surface area contributed by atoms with Gasteiger partial charge in [-0.1, -0.05) is 12.1 Å². The number of nitrogens with zero attached hydrogens (tertiary/aromatic N) is 3. The molecule has 0 spiro atoms. The molecule has 1 N–H and O–H groups in total. The number of anilines is 1. The fourth-order valence-corrected chi connectivity index (χ4v) is 3.06. The SMILES string of the molecule is Cc1nc2ccc(C(=O)Nc3ccc(CN4CCOC4=O)cc3)cc2nc1C. The molecule has 1 aliphatic heterocycles. The molecule has 0 bridgehead atoms. The normalized spacial score (nSPS) is 13.6. The summed E-state index contributed by atoms with van der Waals surface area (Å²) < 4.78 is 4.93. The van der Waals surface area contributed by atoms with Crippen molar-refractivity contribution in [2.45, 2.75) is 20.4 Å². The second kappa shape index (κ2) is 7.26. The van der Waals surface area contributed by atoms with Gasteiger partial charge in [-0.05, 0) is 49.7 Å². The molecular formula is C21H20N4O3. The predicted octanol–water partition coefficient (Wildman–Crippen LogP) is 3.45. The van der Waals surface area contributed by atoms with Crippen LogP contribution in [0.1, 0.15) is 27.3 Å². The Hall–Kier alpha value is -3.48. The number of carbonyl (C=O) groups is 2. The molecule has 0 aliphatic carbocycles. The Balaban J connectivity index is 1.46. The Labute approximate surface area is 162 Å². The van der Waals surface area contributed by atoms with Crippen LogP contribution in [0.4, 0.5) is 10.5 Å². The minimum Gasteiger partial charge on any atom is -0.448 e. The molecule has 7 nitrogen and oxygen atoms in total. The number of ether oxygens (including phenoxy) is 1. The Morgan fingerprint density at radius 2 is 1.79 bits per heavy atom. The highest BCUT2D eigenvalue weighted by atomic mass is 16.6. The third-order valence-corrected chi connectivity index (χ3v) is 4.77. The standard InChI is InChI=1S/C21H20N4O3/c1-13-14(2)23-19-11-16(5-8-18(19)22-13)20(26)24-17-6-3-15(4-7-17)12-25-9-10-28-21(25)27/h3-8,11H,9-10,12H2,1-2H3,(H,24,26).